The van der Waals surface area contributed by atoms with Crippen molar-refractivity contribution >= 4 is 23.3 Å². The van der Waals surface area contributed by atoms with Crippen LogP contribution in [0.4, 0.5) is 5.82 Å². The smallest absolute Gasteiger partial charge is 0.275 e. The molecule has 0 radical (unpaired) electrons. The zero-order chi connectivity index (χ0) is 13.1. The molecule has 1 N–H and O–H groups in total. The summed E-state index contributed by atoms with van der Waals surface area (Å²) in [4.78, 5) is 16.1. The maximum atomic E-state index is 12.1. The first kappa shape index (κ1) is 12.6. The van der Waals surface area contributed by atoms with Crippen molar-refractivity contribution in [3.63, 3.8) is 0 Å². The Hall–Kier alpha value is -1.88. The lowest BCUT2D eigenvalue weighted by atomic mass is 10.3. The Labute approximate surface area is 110 Å². The molecule has 0 aliphatic heterocycles. The van der Waals surface area contributed by atoms with Crippen LogP contribution in [0.15, 0.2) is 24.4 Å². The van der Waals surface area contributed by atoms with Crippen LogP contribution in [0.25, 0.3) is 0 Å². The lowest BCUT2D eigenvalue weighted by molar-refractivity contribution is 0.101. The van der Waals surface area contributed by atoms with Crippen LogP contribution in [0.3, 0.4) is 0 Å². The van der Waals surface area contributed by atoms with E-state index in [2.05, 4.69) is 15.4 Å². The maximum Gasteiger partial charge on any atom is 0.275 e. The largest absolute Gasteiger partial charge is 0.305 e. The van der Waals surface area contributed by atoms with Crippen molar-refractivity contribution in [3.05, 3.63) is 40.8 Å². The summed E-state index contributed by atoms with van der Waals surface area (Å²) in [5.41, 5.74) is 1.32. The van der Waals surface area contributed by atoms with E-state index in [4.69, 9.17) is 11.6 Å². The number of carbonyl (C=O) groups is 1. The number of nitrogens with zero attached hydrogens (tertiary/aromatic N) is 3. The molecular formula is C12H13ClN4O. The Morgan fingerprint density at radius 1 is 1.50 bits per heavy atom. The number of halogens is 1. The third-order valence-electron chi connectivity index (χ3n) is 2.40. The molecule has 1 amide bonds. The normalized spacial score (nSPS) is 10.4. The molecule has 0 aliphatic rings. The molecule has 5 nitrogen and oxygen atoms in total. The number of hydrogen-bond acceptors (Lipinski definition) is 3. The number of pyridine rings is 1. The third-order valence-corrected chi connectivity index (χ3v) is 2.63. The molecular weight excluding hydrogens is 252 g/mol. The molecule has 2 aromatic heterocycles. The van der Waals surface area contributed by atoms with Gasteiger partial charge in [-0.3, -0.25) is 9.48 Å². The minimum absolute atomic E-state index is 0.243. The molecule has 2 heterocycles. The van der Waals surface area contributed by atoms with Crippen molar-refractivity contribution in [2.75, 3.05) is 5.32 Å². The highest BCUT2D eigenvalue weighted by atomic mass is 35.5. The number of anilines is 1. The summed E-state index contributed by atoms with van der Waals surface area (Å²) in [5.74, 6) is 0.182. The van der Waals surface area contributed by atoms with Gasteiger partial charge in [-0.05, 0) is 32.0 Å². The average molecular weight is 265 g/mol. The molecule has 2 aromatic rings. The van der Waals surface area contributed by atoms with Crippen molar-refractivity contribution in [2.45, 2.75) is 20.4 Å². The van der Waals surface area contributed by atoms with Crippen molar-refractivity contribution in [3.8, 4) is 0 Å². The van der Waals surface area contributed by atoms with Crippen LogP contribution < -0.4 is 5.32 Å². The lowest BCUT2D eigenvalue weighted by Crippen LogP contribution is -2.17. The van der Waals surface area contributed by atoms with Gasteiger partial charge in [0, 0.05) is 17.8 Å². The monoisotopic (exact) mass is 264 g/mol. The van der Waals surface area contributed by atoms with Crippen molar-refractivity contribution in [1.82, 2.24) is 14.8 Å². The van der Waals surface area contributed by atoms with Crippen LogP contribution in [0, 0.1) is 6.92 Å². The lowest BCUT2D eigenvalue weighted by Gasteiger charge is -2.05. The van der Waals surface area contributed by atoms with Gasteiger partial charge in [-0.2, -0.15) is 5.10 Å². The highest BCUT2D eigenvalue weighted by Crippen LogP contribution is 2.13. The van der Waals surface area contributed by atoms with Gasteiger partial charge in [0.2, 0.25) is 0 Å². The number of rotatable bonds is 3. The number of aryl methyl sites for hydroxylation is 2. The molecule has 0 aromatic carbocycles. The van der Waals surface area contributed by atoms with Gasteiger partial charge in [0.05, 0.1) is 5.69 Å². The Balaban J connectivity index is 2.21. The fourth-order valence-electron chi connectivity index (χ4n) is 1.62. The second-order valence-electron chi connectivity index (χ2n) is 3.80. The molecule has 0 saturated carbocycles. The van der Waals surface area contributed by atoms with Crippen molar-refractivity contribution < 1.29 is 4.79 Å². The average Bonchev–Trinajstić information content (AvgIpc) is 2.70. The zero-order valence-electron chi connectivity index (χ0n) is 10.1. The van der Waals surface area contributed by atoms with E-state index >= 15 is 0 Å². The molecule has 0 bridgehead atoms. The number of aromatic nitrogens is 3. The van der Waals surface area contributed by atoms with Crippen molar-refractivity contribution in [1.29, 1.82) is 0 Å². The molecule has 18 heavy (non-hydrogen) atoms. The van der Waals surface area contributed by atoms with E-state index in [0.29, 0.717) is 23.1 Å². The number of amides is 1. The summed E-state index contributed by atoms with van der Waals surface area (Å²) in [7, 11) is 0. The molecule has 0 aliphatic carbocycles. The predicted molar refractivity (Wildman–Crippen MR) is 69.8 cm³/mol. The first-order valence-electron chi connectivity index (χ1n) is 5.57. The van der Waals surface area contributed by atoms with Gasteiger partial charge >= 0.3 is 0 Å². The van der Waals surface area contributed by atoms with Crippen LogP contribution in [0.5, 0.6) is 0 Å². The van der Waals surface area contributed by atoms with Crippen LogP contribution in [-0.2, 0) is 6.54 Å². The van der Waals surface area contributed by atoms with E-state index in [1.165, 1.54) is 0 Å². The molecule has 0 unspecified atom stereocenters. The Morgan fingerprint density at radius 2 is 2.28 bits per heavy atom. The topological polar surface area (TPSA) is 59.8 Å². The van der Waals surface area contributed by atoms with Gasteiger partial charge in [0.1, 0.15) is 11.5 Å². The molecule has 0 fully saturated rings. The standard InChI is InChI=1S/C12H13ClN4O/c1-3-17-10(6-8(2)16-17)12(18)15-11-7-9(13)4-5-14-11/h4-7H,3H2,1-2H3,(H,14,15,18). The van der Waals surface area contributed by atoms with E-state index in [-0.39, 0.29) is 5.91 Å². The number of hydrogen-bond donors (Lipinski definition) is 1. The summed E-state index contributed by atoms with van der Waals surface area (Å²) >= 11 is 5.83. The maximum absolute atomic E-state index is 12.1. The summed E-state index contributed by atoms with van der Waals surface area (Å²) < 4.78 is 1.65. The summed E-state index contributed by atoms with van der Waals surface area (Å²) in [6.07, 6.45) is 1.54. The van der Waals surface area contributed by atoms with E-state index in [9.17, 15) is 4.79 Å². The Bertz CT molecular complexity index is 579. The van der Waals surface area contributed by atoms with Crippen molar-refractivity contribution in [2.24, 2.45) is 0 Å². The minimum Gasteiger partial charge on any atom is -0.305 e. The van der Waals surface area contributed by atoms with E-state index in [0.717, 1.165) is 5.69 Å². The zero-order valence-corrected chi connectivity index (χ0v) is 10.9. The fourth-order valence-corrected chi connectivity index (χ4v) is 1.78. The van der Waals surface area contributed by atoms with Crippen LogP contribution in [-0.4, -0.2) is 20.7 Å². The van der Waals surface area contributed by atoms with Crippen LogP contribution >= 0.6 is 11.6 Å². The number of carbonyl (C=O) groups excluding carboxylic acids is 1. The van der Waals surface area contributed by atoms with Crippen LogP contribution in [0.1, 0.15) is 23.1 Å². The van der Waals surface area contributed by atoms with Gasteiger partial charge in [-0.15, -0.1) is 0 Å². The van der Waals surface area contributed by atoms with Gasteiger partial charge < -0.3 is 5.32 Å². The van der Waals surface area contributed by atoms with Gasteiger partial charge in [-0.1, -0.05) is 11.6 Å². The minimum atomic E-state index is -0.243. The second-order valence-corrected chi connectivity index (χ2v) is 4.24. The van der Waals surface area contributed by atoms with E-state index < -0.39 is 0 Å². The molecule has 6 heteroatoms. The Morgan fingerprint density at radius 3 is 2.94 bits per heavy atom. The quantitative estimate of drug-likeness (QED) is 0.927. The summed E-state index contributed by atoms with van der Waals surface area (Å²) in [6, 6.07) is 4.99. The summed E-state index contributed by atoms with van der Waals surface area (Å²) in [5, 5.41) is 7.44. The van der Waals surface area contributed by atoms with Gasteiger partial charge in [0.25, 0.3) is 5.91 Å². The highest BCUT2D eigenvalue weighted by molar-refractivity contribution is 6.30. The SMILES string of the molecule is CCn1nc(C)cc1C(=O)Nc1cc(Cl)ccn1. The highest BCUT2D eigenvalue weighted by Gasteiger charge is 2.13. The van der Waals surface area contributed by atoms with E-state index in [1.54, 1.807) is 29.1 Å². The Kier molecular flexibility index (Phi) is 3.62. The molecule has 0 atom stereocenters. The number of nitrogens with one attached hydrogen (secondary N) is 1. The van der Waals surface area contributed by atoms with E-state index in [1.807, 2.05) is 13.8 Å². The second kappa shape index (κ2) is 5.18. The molecule has 0 saturated heterocycles. The van der Waals surface area contributed by atoms with Crippen LogP contribution in [0.2, 0.25) is 5.02 Å². The molecule has 2 rings (SSSR count). The van der Waals surface area contributed by atoms with Gasteiger partial charge in [-0.25, -0.2) is 4.98 Å². The summed E-state index contributed by atoms with van der Waals surface area (Å²) in [6.45, 7) is 4.42. The first-order chi connectivity index (χ1) is 8.60. The predicted octanol–water partition coefficient (Wildman–Crippen LogP) is 2.51. The fraction of sp³-hybridized carbons (Fsp3) is 0.250. The molecule has 94 valence electrons. The third kappa shape index (κ3) is 2.68. The first-order valence-corrected chi connectivity index (χ1v) is 5.95. The molecule has 0 spiro atoms. The van der Waals surface area contributed by atoms with Gasteiger partial charge in [0.15, 0.2) is 0 Å².